The molecule has 0 bridgehead atoms. The van der Waals surface area contributed by atoms with E-state index >= 15 is 0 Å². The average Bonchev–Trinajstić information content (AvgIpc) is 3.10. The number of carbonyl (C=O) groups is 2. The molecule has 0 radical (unpaired) electrons. The summed E-state index contributed by atoms with van der Waals surface area (Å²) >= 11 is 1.67. The van der Waals surface area contributed by atoms with Crippen LogP contribution < -0.4 is 0 Å². The maximum atomic E-state index is 12.2. The number of likely N-dealkylation sites (tertiary alicyclic amines) is 1. The zero-order valence-corrected chi connectivity index (χ0v) is 13.9. The molecule has 2 aromatic rings. The van der Waals surface area contributed by atoms with Crippen molar-refractivity contribution in [2.45, 2.75) is 26.2 Å². The lowest BCUT2D eigenvalue weighted by molar-refractivity contribution is -0.142. The lowest BCUT2D eigenvalue weighted by Crippen LogP contribution is -2.29. The molecule has 0 unspecified atom stereocenters. The van der Waals surface area contributed by atoms with E-state index in [1.165, 1.54) is 4.70 Å². The van der Waals surface area contributed by atoms with Crippen LogP contribution in [-0.4, -0.2) is 40.0 Å². The fourth-order valence-electron chi connectivity index (χ4n) is 3.07. The number of rotatable bonds is 5. The quantitative estimate of drug-likeness (QED) is 0.914. The number of carbonyl (C=O) groups excluding carboxylic acids is 1. The molecule has 5 nitrogen and oxygen atoms in total. The van der Waals surface area contributed by atoms with E-state index in [-0.39, 0.29) is 11.8 Å². The topological polar surface area (TPSA) is 70.5 Å². The summed E-state index contributed by atoms with van der Waals surface area (Å²) < 4.78 is 1.17. The number of carboxylic acids is 1. The molecule has 1 aromatic heterocycles. The summed E-state index contributed by atoms with van der Waals surface area (Å²) in [5, 5.41) is 10.2. The largest absolute Gasteiger partial charge is 0.481 e. The van der Waals surface area contributed by atoms with Crippen molar-refractivity contribution in [2.24, 2.45) is 11.8 Å². The predicted molar refractivity (Wildman–Crippen MR) is 89.4 cm³/mol. The van der Waals surface area contributed by atoms with Gasteiger partial charge in [0.25, 0.3) is 0 Å². The molecule has 0 saturated carbocycles. The van der Waals surface area contributed by atoms with Crippen molar-refractivity contribution in [1.82, 2.24) is 9.88 Å². The summed E-state index contributed by atoms with van der Waals surface area (Å²) in [7, 11) is 0. The van der Waals surface area contributed by atoms with Crippen LogP contribution in [-0.2, 0) is 16.0 Å². The van der Waals surface area contributed by atoms with Crippen molar-refractivity contribution in [3.8, 4) is 0 Å². The molecule has 1 amide bonds. The third-order valence-corrected chi connectivity index (χ3v) is 5.50. The molecule has 23 heavy (non-hydrogen) atoms. The number of aryl methyl sites for hydroxylation is 1. The Morgan fingerprint density at radius 2 is 2.13 bits per heavy atom. The Morgan fingerprint density at radius 3 is 2.83 bits per heavy atom. The van der Waals surface area contributed by atoms with Gasteiger partial charge in [0.05, 0.1) is 21.1 Å². The third kappa shape index (κ3) is 3.52. The first-order chi connectivity index (χ1) is 11.0. The fraction of sp³-hybridized carbons (Fsp3) is 0.471. The molecule has 122 valence electrons. The van der Waals surface area contributed by atoms with E-state index in [0.717, 1.165) is 23.4 Å². The van der Waals surface area contributed by atoms with Crippen molar-refractivity contribution in [2.75, 3.05) is 13.1 Å². The Morgan fingerprint density at radius 1 is 1.35 bits per heavy atom. The smallest absolute Gasteiger partial charge is 0.308 e. The lowest BCUT2D eigenvalue weighted by atomic mass is 9.99. The van der Waals surface area contributed by atoms with Crippen LogP contribution in [0.25, 0.3) is 10.2 Å². The van der Waals surface area contributed by atoms with Crippen LogP contribution in [0.5, 0.6) is 0 Å². The lowest BCUT2D eigenvalue weighted by Gasteiger charge is -2.15. The minimum atomic E-state index is -0.803. The molecule has 1 saturated heterocycles. The van der Waals surface area contributed by atoms with Crippen LogP contribution >= 0.6 is 11.3 Å². The second-order valence-corrected chi connectivity index (χ2v) is 7.26. The van der Waals surface area contributed by atoms with Crippen LogP contribution in [0.3, 0.4) is 0 Å². The van der Waals surface area contributed by atoms with Crippen molar-refractivity contribution in [3.05, 3.63) is 29.3 Å². The Labute approximate surface area is 138 Å². The van der Waals surface area contributed by atoms with Crippen LogP contribution in [0.4, 0.5) is 0 Å². The molecule has 2 atom stereocenters. The first kappa shape index (κ1) is 15.9. The molecule has 3 rings (SSSR count). The molecule has 6 heteroatoms. The molecule has 2 heterocycles. The van der Waals surface area contributed by atoms with Crippen molar-refractivity contribution in [3.63, 3.8) is 0 Å². The number of para-hydroxylation sites is 1. The highest BCUT2D eigenvalue weighted by Crippen LogP contribution is 2.25. The number of nitrogens with zero attached hydrogens (tertiary/aromatic N) is 2. The number of aromatic nitrogens is 1. The SMILES string of the molecule is C[C@@H]1CN(C(=O)CCCc2nc3ccccc3s2)C[C@H]1C(=O)O. The minimum Gasteiger partial charge on any atom is -0.481 e. The second-order valence-electron chi connectivity index (χ2n) is 6.15. The third-order valence-electron chi connectivity index (χ3n) is 4.40. The van der Waals surface area contributed by atoms with Crippen molar-refractivity contribution < 1.29 is 14.7 Å². The maximum absolute atomic E-state index is 12.2. The number of fused-ring (bicyclic) bond motifs is 1. The van der Waals surface area contributed by atoms with E-state index in [2.05, 4.69) is 11.1 Å². The Bertz CT molecular complexity index is 694. The van der Waals surface area contributed by atoms with E-state index in [0.29, 0.717) is 19.5 Å². The van der Waals surface area contributed by atoms with Gasteiger partial charge in [0.15, 0.2) is 0 Å². The summed E-state index contributed by atoms with van der Waals surface area (Å²) in [6, 6.07) is 8.03. The molecule has 1 N–H and O–H groups in total. The molecule has 0 spiro atoms. The van der Waals surface area contributed by atoms with Gasteiger partial charge in [-0.3, -0.25) is 9.59 Å². The number of benzene rings is 1. The highest BCUT2D eigenvalue weighted by atomic mass is 32.1. The van der Waals surface area contributed by atoms with Gasteiger partial charge in [0, 0.05) is 19.5 Å². The van der Waals surface area contributed by atoms with Crippen LogP contribution in [0.15, 0.2) is 24.3 Å². The first-order valence-electron chi connectivity index (χ1n) is 7.89. The molecule has 1 aliphatic heterocycles. The summed E-state index contributed by atoms with van der Waals surface area (Å²) in [5.74, 6) is -1.15. The molecule has 1 fully saturated rings. The fourth-order valence-corrected chi connectivity index (χ4v) is 4.08. The summed E-state index contributed by atoms with van der Waals surface area (Å²) in [5.41, 5.74) is 1.01. The number of amides is 1. The standard InChI is InChI=1S/C17H20N2O3S/c1-11-9-19(10-12(11)17(21)22)16(20)8-4-7-15-18-13-5-2-3-6-14(13)23-15/h2-3,5-6,11-12H,4,7-10H2,1H3,(H,21,22)/t11-,12-/m1/s1. The molecular formula is C17H20N2O3S. The second kappa shape index (κ2) is 6.66. The van der Waals surface area contributed by atoms with Gasteiger partial charge in [0.1, 0.15) is 0 Å². The van der Waals surface area contributed by atoms with Gasteiger partial charge in [-0.2, -0.15) is 0 Å². The Hall–Kier alpha value is -1.95. The van der Waals surface area contributed by atoms with E-state index < -0.39 is 11.9 Å². The first-order valence-corrected chi connectivity index (χ1v) is 8.71. The number of aliphatic carboxylic acids is 1. The van der Waals surface area contributed by atoms with E-state index in [4.69, 9.17) is 5.11 Å². The summed E-state index contributed by atoms with van der Waals surface area (Å²) in [6.07, 6.45) is 1.99. The number of hydrogen-bond acceptors (Lipinski definition) is 4. The van der Waals surface area contributed by atoms with Gasteiger partial charge >= 0.3 is 5.97 Å². The van der Waals surface area contributed by atoms with Gasteiger partial charge < -0.3 is 10.0 Å². The average molecular weight is 332 g/mol. The van der Waals surface area contributed by atoms with Gasteiger partial charge in [-0.15, -0.1) is 11.3 Å². The highest BCUT2D eigenvalue weighted by Gasteiger charge is 2.36. The number of carboxylic acid groups (broad SMARTS) is 1. The van der Waals surface area contributed by atoms with Crippen LogP contribution in [0.1, 0.15) is 24.8 Å². The maximum Gasteiger partial charge on any atom is 0.308 e. The van der Waals surface area contributed by atoms with E-state index in [1.54, 1.807) is 16.2 Å². The Kier molecular flexibility index (Phi) is 4.61. The molecular weight excluding hydrogens is 312 g/mol. The van der Waals surface area contributed by atoms with Crippen molar-refractivity contribution in [1.29, 1.82) is 0 Å². The summed E-state index contributed by atoms with van der Waals surface area (Å²) in [4.78, 5) is 29.6. The van der Waals surface area contributed by atoms with Gasteiger partial charge in [0.2, 0.25) is 5.91 Å². The Balaban J connectivity index is 1.50. The monoisotopic (exact) mass is 332 g/mol. The zero-order valence-electron chi connectivity index (χ0n) is 13.1. The number of hydrogen-bond donors (Lipinski definition) is 1. The van der Waals surface area contributed by atoms with Gasteiger partial charge in [-0.05, 0) is 30.9 Å². The van der Waals surface area contributed by atoms with Gasteiger partial charge in [-0.25, -0.2) is 4.98 Å². The van der Waals surface area contributed by atoms with Crippen LogP contribution in [0, 0.1) is 11.8 Å². The normalized spacial score (nSPS) is 21.0. The molecule has 1 aliphatic rings. The minimum absolute atomic E-state index is 0.0284. The highest BCUT2D eigenvalue weighted by molar-refractivity contribution is 7.18. The van der Waals surface area contributed by atoms with E-state index in [1.807, 2.05) is 25.1 Å². The van der Waals surface area contributed by atoms with Crippen molar-refractivity contribution >= 4 is 33.4 Å². The molecule has 0 aliphatic carbocycles. The summed E-state index contributed by atoms with van der Waals surface area (Å²) in [6.45, 7) is 2.79. The zero-order chi connectivity index (χ0) is 16.4. The van der Waals surface area contributed by atoms with Crippen LogP contribution in [0.2, 0.25) is 0 Å². The van der Waals surface area contributed by atoms with E-state index in [9.17, 15) is 9.59 Å². The predicted octanol–water partition coefficient (Wildman–Crippen LogP) is 2.80. The van der Waals surface area contributed by atoms with Gasteiger partial charge in [-0.1, -0.05) is 19.1 Å². The number of thiazole rings is 1. The molecule has 1 aromatic carbocycles.